The van der Waals surface area contributed by atoms with E-state index in [0.717, 1.165) is 73.7 Å². The normalized spacial score (nSPS) is 37.9. The van der Waals surface area contributed by atoms with Gasteiger partial charge in [0.15, 0.2) is 11.2 Å². The highest BCUT2D eigenvalue weighted by atomic mass is 16.6. The molecule has 0 radical (unpaired) electrons. The highest BCUT2D eigenvalue weighted by Crippen LogP contribution is 2.59. The zero-order valence-corrected chi connectivity index (χ0v) is 13.3. The molecule has 4 rings (SSSR count). The number of esters is 2. The van der Waals surface area contributed by atoms with Crippen LogP contribution in [0.4, 0.5) is 0 Å². The second kappa shape index (κ2) is 4.46. The van der Waals surface area contributed by atoms with Crippen molar-refractivity contribution in [2.24, 2.45) is 0 Å². The van der Waals surface area contributed by atoms with Crippen molar-refractivity contribution in [3.8, 4) is 0 Å². The fourth-order valence-corrected chi connectivity index (χ4v) is 5.04. The summed E-state index contributed by atoms with van der Waals surface area (Å²) in [5.41, 5.74) is 2.20. The molecule has 0 spiro atoms. The molecule has 0 unspecified atom stereocenters. The van der Waals surface area contributed by atoms with Crippen LogP contribution in [0.2, 0.25) is 0 Å². The average molecular weight is 302 g/mol. The number of rotatable bonds is 1. The van der Waals surface area contributed by atoms with Gasteiger partial charge in [0.25, 0.3) is 0 Å². The molecule has 2 saturated carbocycles. The molecular formula is C18H22O4. The average Bonchev–Trinajstić information content (AvgIpc) is 2.95. The number of carbonyl (C=O) groups excluding carboxylic acids is 2. The Morgan fingerprint density at radius 2 is 1.14 bits per heavy atom. The van der Waals surface area contributed by atoms with E-state index >= 15 is 0 Å². The van der Waals surface area contributed by atoms with E-state index in [2.05, 4.69) is 0 Å². The maximum atomic E-state index is 12.3. The van der Waals surface area contributed by atoms with E-state index in [0.29, 0.717) is 0 Å². The van der Waals surface area contributed by atoms with E-state index in [1.165, 1.54) is 0 Å². The van der Waals surface area contributed by atoms with Gasteiger partial charge in [-0.1, -0.05) is 0 Å². The van der Waals surface area contributed by atoms with Crippen LogP contribution in [0.25, 0.3) is 0 Å². The van der Waals surface area contributed by atoms with Gasteiger partial charge in [0, 0.05) is 11.1 Å². The first-order valence-electron chi connectivity index (χ1n) is 8.39. The lowest BCUT2D eigenvalue weighted by molar-refractivity contribution is -0.189. The SMILES string of the molecule is CC1=C2CCCC[C@]2([C@]23CCCCC2=C(C)C(=O)O3)OC1=O. The Morgan fingerprint density at radius 3 is 1.55 bits per heavy atom. The Labute approximate surface area is 130 Å². The lowest BCUT2D eigenvalue weighted by Gasteiger charge is -2.50. The summed E-state index contributed by atoms with van der Waals surface area (Å²) < 4.78 is 12.0. The molecule has 2 aliphatic carbocycles. The molecule has 2 fully saturated rings. The Kier molecular flexibility index (Phi) is 2.85. The lowest BCUT2D eigenvalue weighted by Crippen LogP contribution is -2.59. The maximum Gasteiger partial charge on any atom is 0.334 e. The van der Waals surface area contributed by atoms with Gasteiger partial charge >= 0.3 is 11.9 Å². The third-order valence-corrected chi connectivity index (χ3v) is 6.09. The molecule has 118 valence electrons. The third kappa shape index (κ3) is 1.48. The van der Waals surface area contributed by atoms with Crippen molar-refractivity contribution < 1.29 is 19.1 Å². The van der Waals surface area contributed by atoms with Crippen LogP contribution in [0.15, 0.2) is 22.3 Å². The molecule has 4 aliphatic rings. The highest BCUT2D eigenvalue weighted by Gasteiger charge is 2.67. The van der Waals surface area contributed by atoms with E-state index in [1.807, 2.05) is 13.8 Å². The van der Waals surface area contributed by atoms with Gasteiger partial charge in [-0.2, -0.15) is 0 Å². The van der Waals surface area contributed by atoms with Crippen molar-refractivity contribution in [2.75, 3.05) is 0 Å². The van der Waals surface area contributed by atoms with Crippen LogP contribution in [-0.2, 0) is 19.1 Å². The number of hydrogen-bond donors (Lipinski definition) is 0. The maximum absolute atomic E-state index is 12.3. The molecule has 2 aliphatic heterocycles. The minimum Gasteiger partial charge on any atom is -0.446 e. The standard InChI is InChI=1S/C18H22O4/c1-11-13-7-3-5-9-17(13,21-15(11)19)18-10-6-4-8-14(18)12(2)16(20)22-18/h3-10H2,1-2H3/t17-,18-/m0/s1. The molecule has 0 aromatic carbocycles. The van der Waals surface area contributed by atoms with Crippen molar-refractivity contribution in [3.05, 3.63) is 22.3 Å². The van der Waals surface area contributed by atoms with Crippen LogP contribution in [0, 0.1) is 0 Å². The first-order valence-corrected chi connectivity index (χ1v) is 8.39. The van der Waals surface area contributed by atoms with E-state index < -0.39 is 11.2 Å². The fraction of sp³-hybridized carbons (Fsp3) is 0.667. The zero-order chi connectivity index (χ0) is 15.5. The van der Waals surface area contributed by atoms with Gasteiger partial charge in [0.2, 0.25) is 0 Å². The molecule has 0 bridgehead atoms. The van der Waals surface area contributed by atoms with Crippen LogP contribution >= 0.6 is 0 Å². The van der Waals surface area contributed by atoms with Gasteiger partial charge < -0.3 is 9.47 Å². The highest BCUT2D eigenvalue weighted by molar-refractivity contribution is 5.96. The smallest absolute Gasteiger partial charge is 0.334 e. The van der Waals surface area contributed by atoms with E-state index in [4.69, 9.17) is 9.47 Å². The van der Waals surface area contributed by atoms with Crippen LogP contribution in [0.3, 0.4) is 0 Å². The second-order valence-corrected chi connectivity index (χ2v) is 7.05. The van der Waals surface area contributed by atoms with Crippen LogP contribution < -0.4 is 0 Å². The molecule has 0 aromatic rings. The Morgan fingerprint density at radius 1 is 0.727 bits per heavy atom. The topological polar surface area (TPSA) is 52.6 Å². The Bertz CT molecular complexity index is 585. The van der Waals surface area contributed by atoms with Crippen molar-refractivity contribution in [3.63, 3.8) is 0 Å². The molecule has 2 atom stereocenters. The monoisotopic (exact) mass is 302 g/mol. The largest absolute Gasteiger partial charge is 0.446 e. The minimum absolute atomic E-state index is 0.225. The molecule has 4 nitrogen and oxygen atoms in total. The van der Waals surface area contributed by atoms with E-state index in [9.17, 15) is 9.59 Å². The summed E-state index contributed by atoms with van der Waals surface area (Å²) in [6.07, 6.45) is 7.48. The van der Waals surface area contributed by atoms with Crippen LogP contribution in [0.5, 0.6) is 0 Å². The van der Waals surface area contributed by atoms with Crippen molar-refractivity contribution in [1.29, 1.82) is 0 Å². The quantitative estimate of drug-likeness (QED) is 0.697. The summed E-state index contributed by atoms with van der Waals surface area (Å²) in [4.78, 5) is 24.6. The molecule has 0 saturated heterocycles. The first-order chi connectivity index (χ1) is 10.5. The third-order valence-electron chi connectivity index (χ3n) is 6.09. The van der Waals surface area contributed by atoms with Crippen molar-refractivity contribution >= 4 is 11.9 Å². The number of ether oxygens (including phenoxy) is 2. The molecule has 2 heterocycles. The summed E-state index contributed by atoms with van der Waals surface area (Å²) in [5, 5.41) is 0. The number of fused-ring (bicyclic) bond motifs is 3. The number of carbonyl (C=O) groups is 2. The molecule has 0 aromatic heterocycles. The van der Waals surface area contributed by atoms with Gasteiger partial charge in [-0.05, 0) is 76.4 Å². The molecule has 0 N–H and O–H groups in total. The summed E-state index contributed by atoms with van der Waals surface area (Å²) in [6, 6.07) is 0. The van der Waals surface area contributed by atoms with Gasteiger partial charge in [0.1, 0.15) is 0 Å². The fourth-order valence-electron chi connectivity index (χ4n) is 5.04. The summed E-state index contributed by atoms with van der Waals surface area (Å²) in [6.45, 7) is 3.72. The summed E-state index contributed by atoms with van der Waals surface area (Å²) >= 11 is 0. The van der Waals surface area contributed by atoms with E-state index in [-0.39, 0.29) is 11.9 Å². The molecular weight excluding hydrogens is 280 g/mol. The molecule has 22 heavy (non-hydrogen) atoms. The summed E-state index contributed by atoms with van der Waals surface area (Å²) in [5.74, 6) is -0.450. The summed E-state index contributed by atoms with van der Waals surface area (Å²) in [7, 11) is 0. The lowest BCUT2D eigenvalue weighted by atomic mass is 9.62. The predicted octanol–water partition coefficient (Wildman–Crippen LogP) is 3.36. The zero-order valence-electron chi connectivity index (χ0n) is 13.3. The number of hydrogen-bond acceptors (Lipinski definition) is 4. The van der Waals surface area contributed by atoms with Gasteiger partial charge in [-0.25, -0.2) is 9.59 Å². The van der Waals surface area contributed by atoms with Crippen LogP contribution in [-0.4, -0.2) is 23.1 Å². The van der Waals surface area contributed by atoms with Crippen molar-refractivity contribution in [1.82, 2.24) is 0 Å². The second-order valence-electron chi connectivity index (χ2n) is 7.05. The first kappa shape index (κ1) is 14.0. The van der Waals surface area contributed by atoms with Gasteiger partial charge in [0.05, 0.1) is 0 Å². The van der Waals surface area contributed by atoms with E-state index in [1.54, 1.807) is 0 Å². The Hall–Kier alpha value is -1.58. The molecule has 4 heteroatoms. The van der Waals surface area contributed by atoms with Gasteiger partial charge in [-0.3, -0.25) is 0 Å². The van der Waals surface area contributed by atoms with Crippen molar-refractivity contribution in [2.45, 2.75) is 76.4 Å². The predicted molar refractivity (Wildman–Crippen MR) is 80.0 cm³/mol. The molecule has 0 amide bonds. The van der Waals surface area contributed by atoms with Crippen LogP contribution in [0.1, 0.15) is 65.2 Å². The van der Waals surface area contributed by atoms with Gasteiger partial charge in [-0.15, -0.1) is 0 Å². The Balaban J connectivity index is 1.92. The minimum atomic E-state index is -0.727.